The van der Waals surface area contributed by atoms with Crippen LogP contribution in [0.5, 0.6) is 0 Å². The number of cyclic esters (lactones) is 1. The minimum Gasteiger partial charge on any atom is -0.463 e. The maximum absolute atomic E-state index is 12.9. The van der Waals surface area contributed by atoms with Crippen molar-refractivity contribution in [2.24, 2.45) is 5.92 Å². The molecule has 2 aliphatic heterocycles. The first-order valence-corrected chi connectivity index (χ1v) is 7.96. The van der Waals surface area contributed by atoms with Crippen LogP contribution in [-0.4, -0.2) is 48.5 Å². The lowest BCUT2D eigenvalue weighted by Crippen LogP contribution is -2.41. The minimum absolute atomic E-state index is 0.179. The molecule has 1 atom stereocenters. The lowest BCUT2D eigenvalue weighted by atomic mass is 9.96. The molecule has 1 amide bonds. The highest BCUT2D eigenvalue weighted by Gasteiger charge is 2.34. The van der Waals surface area contributed by atoms with Crippen LogP contribution in [0.15, 0.2) is 24.3 Å². The molecule has 0 radical (unpaired) electrons. The monoisotopic (exact) mass is 335 g/mol. The van der Waals surface area contributed by atoms with Gasteiger partial charge in [0.05, 0.1) is 12.5 Å². The number of likely N-dealkylation sites (tertiary alicyclic amines) is 1. The molecule has 1 aromatic carbocycles. The first-order valence-electron chi connectivity index (χ1n) is 7.96. The van der Waals surface area contributed by atoms with Crippen molar-refractivity contribution in [3.8, 4) is 0 Å². The molecule has 0 aromatic heterocycles. The summed E-state index contributed by atoms with van der Waals surface area (Å²) in [5.41, 5.74) is 0.422. The minimum atomic E-state index is -0.795. The summed E-state index contributed by atoms with van der Waals surface area (Å²) in [7, 11) is 0. The van der Waals surface area contributed by atoms with E-state index >= 15 is 0 Å². The molecule has 0 unspecified atom stereocenters. The van der Waals surface area contributed by atoms with Crippen molar-refractivity contribution < 1.29 is 28.2 Å². The van der Waals surface area contributed by atoms with Gasteiger partial charge >= 0.3 is 11.9 Å². The van der Waals surface area contributed by atoms with Crippen LogP contribution in [0.3, 0.4) is 0 Å². The fraction of sp³-hybridized carbons (Fsp3) is 0.471. The molecule has 0 N–H and O–H groups in total. The number of halogens is 1. The summed E-state index contributed by atoms with van der Waals surface area (Å²) in [6.07, 6.45) is 0.560. The largest absolute Gasteiger partial charge is 0.463 e. The standard InChI is InChI=1S/C17H18FNO5/c18-13-3-1-11(2-4-13)15(20)19-8-5-12(6-9-19)16(21)24-14-7-10-23-17(14)22/h1-4,12,14H,5-10H2/t14-/m1/s1. The van der Waals surface area contributed by atoms with E-state index in [0.717, 1.165) is 0 Å². The molecule has 2 aliphatic rings. The van der Waals surface area contributed by atoms with E-state index < -0.39 is 23.9 Å². The predicted molar refractivity (Wildman–Crippen MR) is 80.5 cm³/mol. The molecule has 24 heavy (non-hydrogen) atoms. The Morgan fingerprint density at radius 2 is 1.79 bits per heavy atom. The zero-order chi connectivity index (χ0) is 17.1. The van der Waals surface area contributed by atoms with Gasteiger partial charge in [0, 0.05) is 25.1 Å². The predicted octanol–water partition coefficient (Wildman–Crippen LogP) is 1.54. The van der Waals surface area contributed by atoms with Crippen LogP contribution in [0, 0.1) is 11.7 Å². The summed E-state index contributed by atoms with van der Waals surface area (Å²) in [6.45, 7) is 1.12. The van der Waals surface area contributed by atoms with E-state index in [-0.39, 0.29) is 18.4 Å². The number of carbonyl (C=O) groups excluding carboxylic acids is 3. The molecular formula is C17H18FNO5. The van der Waals surface area contributed by atoms with Crippen molar-refractivity contribution in [3.05, 3.63) is 35.6 Å². The van der Waals surface area contributed by atoms with Crippen molar-refractivity contribution >= 4 is 17.8 Å². The molecule has 0 saturated carbocycles. The van der Waals surface area contributed by atoms with Gasteiger partial charge in [-0.25, -0.2) is 9.18 Å². The average Bonchev–Trinajstić information content (AvgIpc) is 3.00. The third-order valence-electron chi connectivity index (χ3n) is 4.35. The van der Waals surface area contributed by atoms with E-state index in [0.29, 0.717) is 37.9 Å². The molecule has 6 nitrogen and oxygen atoms in total. The summed E-state index contributed by atoms with van der Waals surface area (Å²) in [6, 6.07) is 5.39. The maximum Gasteiger partial charge on any atom is 0.347 e. The summed E-state index contributed by atoms with van der Waals surface area (Å²) in [4.78, 5) is 37.4. The smallest absolute Gasteiger partial charge is 0.347 e. The van der Waals surface area contributed by atoms with Crippen LogP contribution in [0.1, 0.15) is 29.6 Å². The van der Waals surface area contributed by atoms with Gasteiger partial charge in [0.25, 0.3) is 5.91 Å². The maximum atomic E-state index is 12.9. The first kappa shape index (κ1) is 16.4. The highest BCUT2D eigenvalue weighted by atomic mass is 19.1. The van der Waals surface area contributed by atoms with Crippen LogP contribution in [0.2, 0.25) is 0 Å². The summed E-state index contributed by atoms with van der Waals surface area (Å²) in [5, 5.41) is 0. The van der Waals surface area contributed by atoms with Crippen LogP contribution in [0.25, 0.3) is 0 Å². The lowest BCUT2D eigenvalue weighted by molar-refractivity contribution is -0.164. The van der Waals surface area contributed by atoms with E-state index in [9.17, 15) is 18.8 Å². The fourth-order valence-electron chi connectivity index (χ4n) is 2.91. The van der Waals surface area contributed by atoms with Crippen molar-refractivity contribution in [3.63, 3.8) is 0 Å². The number of hydrogen-bond donors (Lipinski definition) is 0. The normalized spacial score (nSPS) is 21.5. The molecule has 3 rings (SSSR count). The van der Waals surface area contributed by atoms with Crippen molar-refractivity contribution in [1.82, 2.24) is 4.90 Å². The SMILES string of the molecule is O=C(O[C@@H]1CCOC1=O)C1CCN(C(=O)c2ccc(F)cc2)CC1. The number of hydrogen-bond acceptors (Lipinski definition) is 5. The Labute approximate surface area is 138 Å². The van der Waals surface area contributed by atoms with Gasteiger partial charge in [-0.2, -0.15) is 0 Å². The lowest BCUT2D eigenvalue weighted by Gasteiger charge is -2.31. The topological polar surface area (TPSA) is 72.9 Å². The zero-order valence-corrected chi connectivity index (χ0v) is 13.1. The summed E-state index contributed by atoms with van der Waals surface area (Å²) in [5.74, 6) is -1.80. The average molecular weight is 335 g/mol. The quantitative estimate of drug-likeness (QED) is 0.784. The van der Waals surface area contributed by atoms with Crippen molar-refractivity contribution in [1.29, 1.82) is 0 Å². The molecule has 0 aliphatic carbocycles. The summed E-state index contributed by atoms with van der Waals surface area (Å²) < 4.78 is 22.9. The fourth-order valence-corrected chi connectivity index (χ4v) is 2.91. The highest BCUT2D eigenvalue weighted by Crippen LogP contribution is 2.22. The molecule has 0 bridgehead atoms. The Kier molecular flexibility index (Phi) is 4.78. The van der Waals surface area contributed by atoms with Gasteiger partial charge in [-0.3, -0.25) is 9.59 Å². The van der Waals surface area contributed by atoms with Gasteiger partial charge < -0.3 is 14.4 Å². The molecule has 1 aromatic rings. The number of carbonyl (C=O) groups is 3. The second kappa shape index (κ2) is 6.98. The van der Waals surface area contributed by atoms with Crippen LogP contribution in [-0.2, 0) is 19.1 Å². The second-order valence-corrected chi connectivity index (χ2v) is 5.96. The Morgan fingerprint density at radius 1 is 1.12 bits per heavy atom. The van der Waals surface area contributed by atoms with Crippen LogP contribution < -0.4 is 0 Å². The van der Waals surface area contributed by atoms with Gasteiger partial charge in [0.1, 0.15) is 5.82 Å². The van der Waals surface area contributed by atoms with Gasteiger partial charge in [-0.05, 0) is 37.1 Å². The van der Waals surface area contributed by atoms with Crippen molar-refractivity contribution in [2.75, 3.05) is 19.7 Å². The number of ether oxygens (including phenoxy) is 2. The van der Waals surface area contributed by atoms with E-state index in [1.807, 2.05) is 0 Å². The van der Waals surface area contributed by atoms with Gasteiger partial charge in [0.2, 0.25) is 6.10 Å². The number of piperidine rings is 1. The van der Waals surface area contributed by atoms with E-state index in [1.54, 1.807) is 4.90 Å². The number of benzene rings is 1. The summed E-state index contributed by atoms with van der Waals surface area (Å²) >= 11 is 0. The molecule has 0 spiro atoms. The van der Waals surface area contributed by atoms with Crippen LogP contribution in [0.4, 0.5) is 4.39 Å². The van der Waals surface area contributed by atoms with Crippen molar-refractivity contribution in [2.45, 2.75) is 25.4 Å². The number of amides is 1. The third kappa shape index (κ3) is 3.55. The zero-order valence-electron chi connectivity index (χ0n) is 13.1. The number of esters is 2. The van der Waals surface area contributed by atoms with Gasteiger partial charge in [0.15, 0.2) is 0 Å². The molecular weight excluding hydrogens is 317 g/mol. The Hall–Kier alpha value is -2.44. The highest BCUT2D eigenvalue weighted by molar-refractivity contribution is 5.94. The first-order chi connectivity index (χ1) is 11.5. The van der Waals surface area contributed by atoms with E-state index in [4.69, 9.17) is 9.47 Å². The van der Waals surface area contributed by atoms with Gasteiger partial charge in [-0.1, -0.05) is 0 Å². The molecule has 2 saturated heterocycles. The Balaban J connectivity index is 1.51. The number of nitrogens with zero attached hydrogens (tertiary/aromatic N) is 1. The number of rotatable bonds is 3. The molecule has 2 heterocycles. The molecule has 128 valence electrons. The van der Waals surface area contributed by atoms with Crippen LogP contribution >= 0.6 is 0 Å². The van der Waals surface area contributed by atoms with Gasteiger partial charge in [-0.15, -0.1) is 0 Å². The molecule has 7 heteroatoms. The van der Waals surface area contributed by atoms with E-state index in [1.165, 1.54) is 24.3 Å². The Bertz CT molecular complexity index is 637. The Morgan fingerprint density at radius 3 is 2.38 bits per heavy atom. The van der Waals surface area contributed by atoms with E-state index in [2.05, 4.69) is 0 Å². The third-order valence-corrected chi connectivity index (χ3v) is 4.35. The molecule has 2 fully saturated rings. The second-order valence-electron chi connectivity index (χ2n) is 5.96.